The maximum Gasteiger partial charge on any atom is 0.335 e. The number of aromatic amines is 1. The molecule has 1 aromatic heterocycles. The molecule has 0 spiro atoms. The van der Waals surface area contributed by atoms with E-state index >= 15 is 0 Å². The van der Waals surface area contributed by atoms with Crippen LogP contribution < -0.4 is 5.32 Å². The molecule has 0 aliphatic carbocycles. The zero-order valence-electron chi connectivity index (χ0n) is 21.1. The Kier molecular flexibility index (Phi) is 6.52. The number of carboxylic acids is 1. The highest BCUT2D eigenvalue weighted by Crippen LogP contribution is 2.35. The molecule has 7 heteroatoms. The third-order valence-corrected chi connectivity index (χ3v) is 7.72. The molecule has 1 amide bonds. The Labute approximate surface area is 221 Å². The van der Waals surface area contributed by atoms with Gasteiger partial charge in [-0.3, -0.25) is 14.8 Å². The zero-order chi connectivity index (χ0) is 26.1. The maximum absolute atomic E-state index is 12.9. The predicted molar refractivity (Wildman–Crippen MR) is 145 cm³/mol. The van der Waals surface area contributed by atoms with Crippen LogP contribution in [0.15, 0.2) is 72.8 Å². The number of benzene rings is 3. The first-order valence-corrected chi connectivity index (χ1v) is 13.2. The van der Waals surface area contributed by atoms with Gasteiger partial charge in [0.15, 0.2) is 0 Å². The molecule has 3 aromatic carbocycles. The Morgan fingerprint density at radius 2 is 1.71 bits per heavy atom. The molecular formula is C31H30N4O3. The number of H-pyrrole nitrogens is 1. The molecule has 2 aliphatic rings. The minimum Gasteiger partial charge on any atom is -0.478 e. The van der Waals surface area contributed by atoms with Crippen LogP contribution in [-0.4, -0.2) is 45.2 Å². The highest BCUT2D eigenvalue weighted by atomic mass is 16.4. The molecule has 0 saturated heterocycles. The summed E-state index contributed by atoms with van der Waals surface area (Å²) in [6, 6.07) is 23.0. The summed E-state index contributed by atoms with van der Waals surface area (Å²) >= 11 is 0. The molecule has 2 aliphatic heterocycles. The van der Waals surface area contributed by atoms with Crippen molar-refractivity contribution in [3.8, 4) is 11.1 Å². The SMILES string of the molecule is O=C(O)c1ccc(-c2c(C3Cc4ccccc4C(=O)N3)n[nH]c2CCCN2CCc3ccccc3C2)cc1. The number of nitrogens with one attached hydrogen (secondary N) is 2. The van der Waals surface area contributed by atoms with E-state index in [1.54, 1.807) is 12.1 Å². The number of nitrogens with zero attached hydrogens (tertiary/aromatic N) is 2. The van der Waals surface area contributed by atoms with E-state index in [0.717, 1.165) is 67.0 Å². The van der Waals surface area contributed by atoms with E-state index in [2.05, 4.69) is 39.6 Å². The van der Waals surface area contributed by atoms with Crippen molar-refractivity contribution in [3.63, 3.8) is 0 Å². The fourth-order valence-electron chi connectivity index (χ4n) is 5.74. The quantitative estimate of drug-likeness (QED) is 0.335. The molecule has 0 fully saturated rings. The number of aromatic nitrogens is 2. The van der Waals surface area contributed by atoms with Gasteiger partial charge in [-0.05, 0) is 72.7 Å². The molecule has 6 rings (SSSR count). The van der Waals surface area contributed by atoms with Crippen molar-refractivity contribution < 1.29 is 14.7 Å². The van der Waals surface area contributed by atoms with E-state index in [4.69, 9.17) is 5.10 Å². The predicted octanol–water partition coefficient (Wildman–Crippen LogP) is 4.79. The van der Waals surface area contributed by atoms with Crippen LogP contribution >= 0.6 is 0 Å². The van der Waals surface area contributed by atoms with E-state index < -0.39 is 5.97 Å². The molecule has 3 heterocycles. The van der Waals surface area contributed by atoms with Gasteiger partial charge in [-0.2, -0.15) is 5.10 Å². The Morgan fingerprint density at radius 3 is 2.50 bits per heavy atom. The Balaban J connectivity index is 1.25. The van der Waals surface area contributed by atoms with E-state index in [9.17, 15) is 14.7 Å². The van der Waals surface area contributed by atoms with Crippen LogP contribution in [0.3, 0.4) is 0 Å². The normalized spacial score (nSPS) is 16.9. The smallest absolute Gasteiger partial charge is 0.335 e. The van der Waals surface area contributed by atoms with Crippen LogP contribution in [0.5, 0.6) is 0 Å². The number of carboxylic acid groups (broad SMARTS) is 1. The Bertz CT molecular complexity index is 1490. The summed E-state index contributed by atoms with van der Waals surface area (Å²) in [5.74, 6) is -1.05. The average molecular weight is 507 g/mol. The maximum atomic E-state index is 12.9. The van der Waals surface area contributed by atoms with Crippen LogP contribution in [0.2, 0.25) is 0 Å². The minimum atomic E-state index is -0.955. The highest BCUT2D eigenvalue weighted by molar-refractivity contribution is 5.97. The first-order chi connectivity index (χ1) is 18.6. The summed E-state index contributed by atoms with van der Waals surface area (Å²) in [4.78, 5) is 26.8. The van der Waals surface area contributed by atoms with Crippen molar-refractivity contribution in [2.75, 3.05) is 13.1 Å². The number of amides is 1. The number of fused-ring (bicyclic) bond motifs is 2. The van der Waals surface area contributed by atoms with Crippen molar-refractivity contribution in [1.82, 2.24) is 20.4 Å². The molecule has 0 bridgehead atoms. The van der Waals surface area contributed by atoms with Crippen LogP contribution in [0.4, 0.5) is 0 Å². The molecule has 4 aromatic rings. The zero-order valence-corrected chi connectivity index (χ0v) is 21.1. The third kappa shape index (κ3) is 4.73. The van der Waals surface area contributed by atoms with Gasteiger partial charge in [0.05, 0.1) is 17.3 Å². The van der Waals surface area contributed by atoms with Gasteiger partial charge in [0.2, 0.25) is 0 Å². The highest BCUT2D eigenvalue weighted by Gasteiger charge is 2.30. The lowest BCUT2D eigenvalue weighted by Gasteiger charge is -2.28. The van der Waals surface area contributed by atoms with Crippen LogP contribution in [0.1, 0.15) is 61.3 Å². The lowest BCUT2D eigenvalue weighted by Crippen LogP contribution is -2.35. The molecule has 0 saturated carbocycles. The number of carbonyl (C=O) groups excluding carboxylic acids is 1. The summed E-state index contributed by atoms with van der Waals surface area (Å²) in [5, 5.41) is 20.5. The number of rotatable bonds is 7. The van der Waals surface area contributed by atoms with Gasteiger partial charge in [-0.15, -0.1) is 0 Å². The van der Waals surface area contributed by atoms with Crippen molar-refractivity contribution in [3.05, 3.63) is 112 Å². The Hall–Kier alpha value is -4.23. The number of aryl methyl sites for hydroxylation is 1. The molecule has 7 nitrogen and oxygen atoms in total. The molecule has 1 atom stereocenters. The van der Waals surface area contributed by atoms with Gasteiger partial charge >= 0.3 is 5.97 Å². The monoisotopic (exact) mass is 506 g/mol. The van der Waals surface area contributed by atoms with Crippen LogP contribution in [-0.2, 0) is 25.8 Å². The van der Waals surface area contributed by atoms with Crippen LogP contribution in [0.25, 0.3) is 11.1 Å². The van der Waals surface area contributed by atoms with Crippen LogP contribution in [0, 0.1) is 0 Å². The second-order valence-corrected chi connectivity index (χ2v) is 10.1. The number of hydrogen-bond donors (Lipinski definition) is 3. The number of aromatic carboxylic acids is 1. The first-order valence-electron chi connectivity index (χ1n) is 13.2. The molecule has 192 valence electrons. The van der Waals surface area contributed by atoms with Gasteiger partial charge in [-0.1, -0.05) is 54.6 Å². The van der Waals surface area contributed by atoms with Crippen molar-refractivity contribution in [2.24, 2.45) is 0 Å². The first kappa shape index (κ1) is 24.1. The standard InChI is InChI=1S/C31H30N4O3/c36-30-25-9-4-3-7-23(25)18-27(32-30)29-28(21-11-13-22(14-12-21)31(37)38)26(33-34-29)10-5-16-35-17-15-20-6-1-2-8-24(20)19-35/h1-4,6-9,11-14,27H,5,10,15-19H2,(H,32,36)(H,33,34)(H,37,38). The van der Waals surface area contributed by atoms with Crippen molar-refractivity contribution in [2.45, 2.75) is 38.3 Å². The van der Waals surface area contributed by atoms with E-state index in [-0.39, 0.29) is 17.5 Å². The molecule has 0 radical (unpaired) electrons. The summed E-state index contributed by atoms with van der Waals surface area (Å²) in [6.45, 7) is 3.01. The second kappa shape index (κ2) is 10.3. The van der Waals surface area contributed by atoms with E-state index in [0.29, 0.717) is 12.0 Å². The van der Waals surface area contributed by atoms with Gasteiger partial charge in [0, 0.05) is 29.9 Å². The molecular weight excluding hydrogens is 476 g/mol. The molecule has 3 N–H and O–H groups in total. The summed E-state index contributed by atoms with van der Waals surface area (Å²) < 4.78 is 0. The van der Waals surface area contributed by atoms with Gasteiger partial charge in [0.25, 0.3) is 5.91 Å². The van der Waals surface area contributed by atoms with Crippen molar-refractivity contribution in [1.29, 1.82) is 0 Å². The number of carbonyl (C=O) groups is 2. The lowest BCUT2D eigenvalue weighted by atomic mass is 9.89. The summed E-state index contributed by atoms with van der Waals surface area (Å²) in [7, 11) is 0. The summed E-state index contributed by atoms with van der Waals surface area (Å²) in [5.41, 5.74) is 8.46. The minimum absolute atomic E-state index is 0.0982. The average Bonchev–Trinajstić information content (AvgIpc) is 3.37. The topological polar surface area (TPSA) is 98.3 Å². The largest absolute Gasteiger partial charge is 0.478 e. The van der Waals surface area contributed by atoms with E-state index in [1.807, 2.05) is 36.4 Å². The van der Waals surface area contributed by atoms with Crippen molar-refractivity contribution >= 4 is 11.9 Å². The van der Waals surface area contributed by atoms with Gasteiger partial charge < -0.3 is 10.4 Å². The van der Waals surface area contributed by atoms with E-state index in [1.165, 1.54) is 11.1 Å². The third-order valence-electron chi connectivity index (χ3n) is 7.72. The van der Waals surface area contributed by atoms with Gasteiger partial charge in [0.1, 0.15) is 0 Å². The fourth-order valence-corrected chi connectivity index (χ4v) is 5.74. The lowest BCUT2D eigenvalue weighted by molar-refractivity contribution is 0.0696. The molecule has 1 unspecified atom stereocenters. The molecule has 38 heavy (non-hydrogen) atoms. The number of hydrogen-bond acceptors (Lipinski definition) is 4. The summed E-state index contributed by atoms with van der Waals surface area (Å²) in [6.07, 6.45) is 3.50. The fraction of sp³-hybridized carbons (Fsp3) is 0.258. The second-order valence-electron chi connectivity index (χ2n) is 10.1. The van der Waals surface area contributed by atoms with Gasteiger partial charge in [-0.25, -0.2) is 4.79 Å². The Morgan fingerprint density at radius 1 is 0.974 bits per heavy atom.